The van der Waals surface area contributed by atoms with Gasteiger partial charge < -0.3 is 14.8 Å². The smallest absolute Gasteiger partial charge is 0.171 e. The van der Waals surface area contributed by atoms with Crippen molar-refractivity contribution in [1.29, 1.82) is 0 Å². The molecule has 1 aromatic carbocycles. The van der Waals surface area contributed by atoms with Crippen molar-refractivity contribution in [2.24, 2.45) is 5.92 Å². The van der Waals surface area contributed by atoms with Crippen molar-refractivity contribution in [2.45, 2.75) is 44.4 Å². The van der Waals surface area contributed by atoms with E-state index < -0.39 is 0 Å². The fourth-order valence-electron chi connectivity index (χ4n) is 3.54. The van der Waals surface area contributed by atoms with Gasteiger partial charge in [0, 0.05) is 18.9 Å². The minimum Gasteiger partial charge on any atom is -0.347 e. The van der Waals surface area contributed by atoms with Crippen LogP contribution >= 0.6 is 0 Å². The molecule has 3 heteroatoms. The van der Waals surface area contributed by atoms with Crippen molar-refractivity contribution in [3.8, 4) is 0 Å². The lowest BCUT2D eigenvalue weighted by Crippen LogP contribution is -2.34. The van der Waals surface area contributed by atoms with Crippen LogP contribution in [0.3, 0.4) is 0 Å². The second kappa shape index (κ2) is 6.70. The molecule has 20 heavy (non-hydrogen) atoms. The third kappa shape index (κ3) is 3.22. The zero-order chi connectivity index (χ0) is 13.7. The summed E-state index contributed by atoms with van der Waals surface area (Å²) in [4.78, 5) is 0. The van der Waals surface area contributed by atoms with Gasteiger partial charge in [0.05, 0.1) is 13.2 Å². The standard InChI is InChI=1S/C17H25NO2/c1-2-6-15(7-3-1)14-18-11-5-9-16-8-4-10-17(16)19-12-13-20-17/h1-3,6-7,16,18H,4-5,8-14H2. The lowest BCUT2D eigenvalue weighted by atomic mass is 9.96. The van der Waals surface area contributed by atoms with Crippen molar-refractivity contribution in [2.75, 3.05) is 19.8 Å². The van der Waals surface area contributed by atoms with E-state index in [4.69, 9.17) is 9.47 Å². The number of ether oxygens (including phenoxy) is 2. The van der Waals surface area contributed by atoms with Crippen LogP contribution in [-0.4, -0.2) is 25.5 Å². The maximum absolute atomic E-state index is 5.90. The summed E-state index contributed by atoms with van der Waals surface area (Å²) in [6.07, 6.45) is 6.02. The molecule has 1 N–H and O–H groups in total. The third-order valence-corrected chi connectivity index (χ3v) is 4.55. The summed E-state index contributed by atoms with van der Waals surface area (Å²) >= 11 is 0. The molecule has 0 amide bonds. The summed E-state index contributed by atoms with van der Waals surface area (Å²) in [5, 5.41) is 3.52. The maximum Gasteiger partial charge on any atom is 0.171 e. The van der Waals surface area contributed by atoms with Crippen molar-refractivity contribution < 1.29 is 9.47 Å². The first kappa shape index (κ1) is 14.1. The molecular formula is C17H25NO2. The molecule has 0 bridgehead atoms. The molecular weight excluding hydrogens is 250 g/mol. The van der Waals surface area contributed by atoms with Crippen LogP contribution in [0.1, 0.15) is 37.7 Å². The first-order valence-electron chi connectivity index (χ1n) is 7.92. The highest BCUT2D eigenvalue weighted by Gasteiger charge is 2.47. The summed E-state index contributed by atoms with van der Waals surface area (Å²) in [6.45, 7) is 3.59. The Labute approximate surface area is 121 Å². The van der Waals surface area contributed by atoms with E-state index in [-0.39, 0.29) is 5.79 Å². The van der Waals surface area contributed by atoms with Crippen LogP contribution < -0.4 is 5.32 Å². The highest BCUT2D eigenvalue weighted by Crippen LogP contribution is 2.44. The molecule has 1 saturated carbocycles. The SMILES string of the molecule is c1ccc(CNCCCC2CCCC23OCCO3)cc1. The van der Waals surface area contributed by atoms with E-state index in [0.717, 1.165) is 32.7 Å². The Morgan fingerprint density at radius 2 is 1.95 bits per heavy atom. The summed E-state index contributed by atoms with van der Waals surface area (Å²) < 4.78 is 11.8. The zero-order valence-corrected chi connectivity index (χ0v) is 12.1. The van der Waals surface area contributed by atoms with Gasteiger partial charge in [-0.3, -0.25) is 0 Å². The van der Waals surface area contributed by atoms with E-state index >= 15 is 0 Å². The van der Waals surface area contributed by atoms with Gasteiger partial charge in [0.15, 0.2) is 5.79 Å². The van der Waals surface area contributed by atoms with Gasteiger partial charge in [-0.25, -0.2) is 0 Å². The van der Waals surface area contributed by atoms with Crippen LogP contribution in [0.4, 0.5) is 0 Å². The topological polar surface area (TPSA) is 30.5 Å². The lowest BCUT2D eigenvalue weighted by Gasteiger charge is -2.29. The predicted octanol–water partition coefficient (Wildman–Crippen LogP) is 3.10. The minimum absolute atomic E-state index is 0.209. The summed E-state index contributed by atoms with van der Waals surface area (Å²) in [5.41, 5.74) is 1.35. The van der Waals surface area contributed by atoms with Gasteiger partial charge in [-0.1, -0.05) is 30.3 Å². The van der Waals surface area contributed by atoms with Crippen LogP contribution in [-0.2, 0) is 16.0 Å². The predicted molar refractivity (Wildman–Crippen MR) is 79.4 cm³/mol. The number of benzene rings is 1. The molecule has 1 aliphatic carbocycles. The molecule has 110 valence electrons. The van der Waals surface area contributed by atoms with Gasteiger partial charge in [-0.15, -0.1) is 0 Å². The Hall–Kier alpha value is -0.900. The molecule has 0 radical (unpaired) electrons. The van der Waals surface area contributed by atoms with E-state index in [1.165, 1.54) is 31.2 Å². The molecule has 1 aliphatic heterocycles. The monoisotopic (exact) mass is 275 g/mol. The molecule has 2 fully saturated rings. The molecule has 3 rings (SSSR count). The summed E-state index contributed by atoms with van der Waals surface area (Å²) in [5.74, 6) is 0.392. The molecule has 3 nitrogen and oxygen atoms in total. The molecule has 1 aromatic rings. The normalized spacial score (nSPS) is 24.5. The van der Waals surface area contributed by atoms with Crippen LogP contribution in [0.5, 0.6) is 0 Å². The van der Waals surface area contributed by atoms with Crippen LogP contribution in [0, 0.1) is 5.92 Å². The number of hydrogen-bond acceptors (Lipinski definition) is 3. The fraction of sp³-hybridized carbons (Fsp3) is 0.647. The Morgan fingerprint density at radius 3 is 2.75 bits per heavy atom. The van der Waals surface area contributed by atoms with Crippen molar-refractivity contribution in [3.05, 3.63) is 35.9 Å². The average Bonchev–Trinajstić information content (AvgIpc) is 3.11. The highest BCUT2D eigenvalue weighted by molar-refractivity contribution is 5.14. The Morgan fingerprint density at radius 1 is 1.15 bits per heavy atom. The number of rotatable bonds is 6. The summed E-state index contributed by atoms with van der Waals surface area (Å²) in [6, 6.07) is 10.6. The quantitative estimate of drug-likeness (QED) is 0.809. The molecule has 1 saturated heterocycles. The van der Waals surface area contributed by atoms with Gasteiger partial charge in [0.25, 0.3) is 0 Å². The first-order chi connectivity index (χ1) is 9.89. The number of nitrogens with one attached hydrogen (secondary N) is 1. The average molecular weight is 275 g/mol. The minimum atomic E-state index is -0.209. The second-order valence-corrected chi connectivity index (χ2v) is 5.90. The maximum atomic E-state index is 5.90. The van der Waals surface area contributed by atoms with Crippen molar-refractivity contribution >= 4 is 0 Å². The van der Waals surface area contributed by atoms with E-state index in [1.54, 1.807) is 0 Å². The molecule has 1 heterocycles. The highest BCUT2D eigenvalue weighted by atomic mass is 16.7. The van der Waals surface area contributed by atoms with Gasteiger partial charge in [-0.05, 0) is 37.8 Å². The van der Waals surface area contributed by atoms with E-state index in [9.17, 15) is 0 Å². The Balaban J connectivity index is 1.36. The van der Waals surface area contributed by atoms with Gasteiger partial charge in [0.2, 0.25) is 0 Å². The van der Waals surface area contributed by atoms with Crippen molar-refractivity contribution in [3.63, 3.8) is 0 Å². The molecule has 0 aromatic heterocycles. The van der Waals surface area contributed by atoms with Crippen LogP contribution in [0.25, 0.3) is 0 Å². The van der Waals surface area contributed by atoms with Crippen LogP contribution in [0.2, 0.25) is 0 Å². The van der Waals surface area contributed by atoms with Crippen LogP contribution in [0.15, 0.2) is 30.3 Å². The molecule has 1 atom stereocenters. The molecule has 2 aliphatic rings. The van der Waals surface area contributed by atoms with Gasteiger partial charge in [0.1, 0.15) is 0 Å². The number of hydrogen-bond donors (Lipinski definition) is 1. The van der Waals surface area contributed by atoms with Crippen molar-refractivity contribution in [1.82, 2.24) is 5.32 Å². The van der Waals surface area contributed by atoms with E-state index in [0.29, 0.717) is 5.92 Å². The van der Waals surface area contributed by atoms with E-state index in [1.807, 2.05) is 0 Å². The Kier molecular flexibility index (Phi) is 4.71. The van der Waals surface area contributed by atoms with Gasteiger partial charge >= 0.3 is 0 Å². The lowest BCUT2D eigenvalue weighted by molar-refractivity contribution is -0.182. The largest absolute Gasteiger partial charge is 0.347 e. The molecule has 1 unspecified atom stereocenters. The zero-order valence-electron chi connectivity index (χ0n) is 12.1. The van der Waals surface area contributed by atoms with Gasteiger partial charge in [-0.2, -0.15) is 0 Å². The van der Waals surface area contributed by atoms with E-state index in [2.05, 4.69) is 35.6 Å². The first-order valence-corrected chi connectivity index (χ1v) is 7.92. The second-order valence-electron chi connectivity index (χ2n) is 5.90. The third-order valence-electron chi connectivity index (χ3n) is 4.55. The molecule has 1 spiro atoms. The summed E-state index contributed by atoms with van der Waals surface area (Å²) in [7, 11) is 0. The fourth-order valence-corrected chi connectivity index (χ4v) is 3.54. The Bertz CT molecular complexity index is 395.